The van der Waals surface area contributed by atoms with Crippen LogP contribution in [-0.4, -0.2) is 132 Å². The molecule has 4 aromatic carbocycles. The Morgan fingerprint density at radius 3 is 1.06 bits per heavy atom. The highest BCUT2D eigenvalue weighted by atomic mass is 19.4. The SMILES string of the molecule is COC(=O)CCC(C(N)=O)N1Cc2c(OCc3ccc(CN(CCC(F)(F)F)CCC(F)(F)F)cc3)cccc2C1=O.COC(=O)CCC(C(N)=O)N1Cc2c(OCc3ccc(CN(CCC(F)(F)F)CCC(F)(F)F)cc3)cccc2C1=O. The van der Waals surface area contributed by atoms with E-state index in [4.69, 9.17) is 20.9 Å². The number of hydrogen-bond donors (Lipinski definition) is 2. The lowest BCUT2D eigenvalue weighted by atomic mass is 10.1. The van der Waals surface area contributed by atoms with Crippen LogP contribution in [0.15, 0.2) is 84.9 Å². The molecular formula is C56H62F12N6O10. The van der Waals surface area contributed by atoms with Gasteiger partial charge in [0.25, 0.3) is 11.8 Å². The molecule has 0 fully saturated rings. The van der Waals surface area contributed by atoms with Crippen LogP contribution in [0.3, 0.4) is 0 Å². The van der Waals surface area contributed by atoms with Gasteiger partial charge < -0.3 is 40.2 Å². The van der Waals surface area contributed by atoms with Crippen LogP contribution in [0.25, 0.3) is 0 Å². The number of carbonyl (C=O) groups is 6. The summed E-state index contributed by atoms with van der Waals surface area (Å²) in [6, 6.07) is 20.6. The zero-order valence-electron chi connectivity index (χ0n) is 45.5. The number of nitrogens with two attached hydrogens (primary N) is 2. The van der Waals surface area contributed by atoms with E-state index in [-0.39, 0.29) is 65.1 Å². The van der Waals surface area contributed by atoms with Gasteiger partial charge in [0.1, 0.15) is 36.8 Å². The second kappa shape index (κ2) is 29.8. The first-order valence-electron chi connectivity index (χ1n) is 26.0. The molecule has 0 aliphatic carbocycles. The summed E-state index contributed by atoms with van der Waals surface area (Å²) in [6.45, 7) is -2.23. The van der Waals surface area contributed by atoms with E-state index in [0.29, 0.717) is 56.0 Å². The fourth-order valence-corrected chi connectivity index (χ4v) is 9.04. The van der Waals surface area contributed by atoms with Crippen molar-refractivity contribution in [2.45, 2.75) is 128 Å². The lowest BCUT2D eigenvalue weighted by molar-refractivity contribution is -0.148. The number of primary amides is 2. The lowest BCUT2D eigenvalue weighted by Gasteiger charge is -2.24. The summed E-state index contributed by atoms with van der Waals surface area (Å²) in [6.07, 6.45) is -23.0. The molecule has 0 aromatic heterocycles. The highest BCUT2D eigenvalue weighted by molar-refractivity contribution is 6.02. The van der Waals surface area contributed by atoms with Gasteiger partial charge in [0, 0.05) is 74.4 Å². The number of carbonyl (C=O) groups excluding carboxylic acids is 6. The van der Waals surface area contributed by atoms with Crippen molar-refractivity contribution in [1.82, 2.24) is 19.6 Å². The van der Waals surface area contributed by atoms with Crippen LogP contribution >= 0.6 is 0 Å². The molecule has 4 aromatic rings. The van der Waals surface area contributed by atoms with E-state index in [1.54, 1.807) is 84.9 Å². The van der Waals surface area contributed by atoms with Crippen LogP contribution in [-0.2, 0) is 68.0 Å². The normalized spacial score (nSPS) is 14.2. The molecule has 2 heterocycles. The predicted octanol–water partition coefficient (Wildman–Crippen LogP) is 9.47. The molecule has 0 saturated heterocycles. The smallest absolute Gasteiger partial charge is 0.390 e. The zero-order valence-corrected chi connectivity index (χ0v) is 45.5. The van der Waals surface area contributed by atoms with Crippen molar-refractivity contribution in [2.75, 3.05) is 40.4 Å². The largest absolute Gasteiger partial charge is 0.489 e. The van der Waals surface area contributed by atoms with Gasteiger partial charge in [-0.05, 0) is 59.4 Å². The van der Waals surface area contributed by atoms with Crippen LogP contribution in [0, 0.1) is 0 Å². The van der Waals surface area contributed by atoms with E-state index < -0.39 is 124 Å². The Morgan fingerprint density at radius 1 is 0.488 bits per heavy atom. The molecule has 2 atom stereocenters. The molecule has 4 amide bonds. The number of nitrogens with zero attached hydrogens (tertiary/aromatic N) is 4. The Hall–Kier alpha value is -7.62. The van der Waals surface area contributed by atoms with Gasteiger partial charge in [0.05, 0.1) is 53.0 Å². The van der Waals surface area contributed by atoms with E-state index in [0.717, 1.165) is 9.80 Å². The first-order valence-corrected chi connectivity index (χ1v) is 26.0. The highest BCUT2D eigenvalue weighted by Gasteiger charge is 2.40. The quantitative estimate of drug-likeness (QED) is 0.0403. The predicted molar refractivity (Wildman–Crippen MR) is 276 cm³/mol. The van der Waals surface area contributed by atoms with E-state index in [9.17, 15) is 81.5 Å². The molecule has 0 saturated carbocycles. The van der Waals surface area contributed by atoms with Crippen molar-refractivity contribution in [3.05, 3.63) is 129 Å². The Kier molecular flexibility index (Phi) is 23.8. The molecule has 2 unspecified atom stereocenters. The third kappa shape index (κ3) is 21.5. The summed E-state index contributed by atoms with van der Waals surface area (Å²) in [4.78, 5) is 78.1. The average Bonchev–Trinajstić information content (AvgIpc) is 3.18. The molecule has 2 aliphatic rings. The number of alkyl halides is 12. The standard InChI is InChI=1S/2C28H31F6N3O5/c2*1-41-24(38)10-9-22(25(35)39)37-16-21-20(26(37)40)3-2-4-23(21)42-17-19-7-5-18(6-8-19)15-36(13-11-27(29,30)31)14-12-28(32,33)34/h2*2-8,22H,9-17H2,1H3,(H2,35,39). The van der Waals surface area contributed by atoms with Crippen molar-refractivity contribution in [3.63, 3.8) is 0 Å². The number of esters is 2. The number of rotatable bonds is 28. The van der Waals surface area contributed by atoms with E-state index in [2.05, 4.69) is 9.47 Å². The molecule has 16 nitrogen and oxygen atoms in total. The topological polar surface area (TPSA) is 204 Å². The summed E-state index contributed by atoms with van der Waals surface area (Å²) in [7, 11) is 2.42. The maximum Gasteiger partial charge on any atom is 0.390 e. The number of methoxy groups -OCH3 is 2. The number of fused-ring (bicyclic) bond motifs is 2. The van der Waals surface area contributed by atoms with Gasteiger partial charge in [0.2, 0.25) is 11.8 Å². The van der Waals surface area contributed by atoms with Gasteiger partial charge in [-0.15, -0.1) is 0 Å². The van der Waals surface area contributed by atoms with Crippen LogP contribution in [0.2, 0.25) is 0 Å². The Labute approximate surface area is 474 Å². The van der Waals surface area contributed by atoms with Crippen molar-refractivity contribution in [1.29, 1.82) is 0 Å². The van der Waals surface area contributed by atoms with Gasteiger partial charge in [-0.25, -0.2) is 0 Å². The fraction of sp³-hybridized carbons (Fsp3) is 0.464. The van der Waals surface area contributed by atoms with Crippen molar-refractivity contribution >= 4 is 35.6 Å². The second-order valence-corrected chi connectivity index (χ2v) is 19.7. The Morgan fingerprint density at radius 2 is 0.786 bits per heavy atom. The Balaban J connectivity index is 0.000000307. The first kappa shape index (κ1) is 67.2. The minimum atomic E-state index is -4.49. The van der Waals surface area contributed by atoms with Crippen molar-refractivity contribution in [2.24, 2.45) is 11.5 Å². The summed E-state index contributed by atoms with van der Waals surface area (Å²) in [5.41, 5.74) is 15.1. The third-order valence-corrected chi connectivity index (χ3v) is 13.5. The molecule has 2 aliphatic heterocycles. The van der Waals surface area contributed by atoms with Crippen molar-refractivity contribution < 1.29 is 100 Å². The molecule has 84 heavy (non-hydrogen) atoms. The minimum absolute atomic E-state index is 0.00584. The fourth-order valence-electron chi connectivity index (χ4n) is 9.04. The molecule has 0 bridgehead atoms. The zero-order chi connectivity index (χ0) is 62.2. The Bertz CT molecular complexity index is 2660. The maximum absolute atomic E-state index is 13.0. The summed E-state index contributed by atoms with van der Waals surface area (Å²) in [5.74, 6) is -2.73. The maximum atomic E-state index is 13.0. The van der Waals surface area contributed by atoms with Gasteiger partial charge >= 0.3 is 36.6 Å². The molecule has 460 valence electrons. The number of hydrogen-bond acceptors (Lipinski definition) is 12. The van der Waals surface area contributed by atoms with Crippen LogP contribution in [0.5, 0.6) is 11.5 Å². The number of benzene rings is 4. The third-order valence-electron chi connectivity index (χ3n) is 13.5. The summed E-state index contributed by atoms with van der Waals surface area (Å²) in [5, 5.41) is 0. The summed E-state index contributed by atoms with van der Waals surface area (Å²) < 4.78 is 173. The summed E-state index contributed by atoms with van der Waals surface area (Å²) >= 11 is 0. The van der Waals surface area contributed by atoms with Crippen LogP contribution < -0.4 is 20.9 Å². The minimum Gasteiger partial charge on any atom is -0.489 e. The van der Waals surface area contributed by atoms with Gasteiger partial charge in [-0.2, -0.15) is 52.7 Å². The van der Waals surface area contributed by atoms with Gasteiger partial charge in [0.15, 0.2) is 0 Å². The molecule has 6 rings (SSSR count). The molecular weight excluding hydrogens is 1140 g/mol. The molecule has 4 N–H and O–H groups in total. The van der Waals surface area contributed by atoms with Gasteiger partial charge in [-0.3, -0.25) is 38.6 Å². The first-order chi connectivity index (χ1) is 39.3. The average molecular weight is 1210 g/mol. The monoisotopic (exact) mass is 1210 g/mol. The van der Waals surface area contributed by atoms with E-state index in [1.165, 1.54) is 24.0 Å². The highest BCUT2D eigenvalue weighted by Crippen LogP contribution is 2.36. The van der Waals surface area contributed by atoms with E-state index in [1.807, 2.05) is 0 Å². The van der Waals surface area contributed by atoms with Crippen LogP contribution in [0.4, 0.5) is 52.7 Å². The molecule has 0 radical (unpaired) electrons. The lowest BCUT2D eigenvalue weighted by Crippen LogP contribution is -2.45. The number of amides is 4. The second-order valence-electron chi connectivity index (χ2n) is 19.7. The number of halogens is 12. The molecule has 0 spiro atoms. The van der Waals surface area contributed by atoms with E-state index >= 15 is 0 Å². The van der Waals surface area contributed by atoms with Gasteiger partial charge in [-0.1, -0.05) is 60.7 Å². The molecule has 28 heteroatoms. The van der Waals surface area contributed by atoms with Crippen molar-refractivity contribution in [3.8, 4) is 11.5 Å². The number of ether oxygens (including phenoxy) is 4. The van der Waals surface area contributed by atoms with Crippen LogP contribution in [0.1, 0.15) is 105 Å².